The molecule has 1 N–H and O–H groups in total. The molecule has 0 bridgehead atoms. The molecule has 1 saturated carbocycles. The molecule has 2 aromatic rings. The van der Waals surface area contributed by atoms with Gasteiger partial charge in [0, 0.05) is 31.5 Å². The van der Waals surface area contributed by atoms with E-state index in [-0.39, 0.29) is 5.91 Å². The minimum absolute atomic E-state index is 0.0791. The van der Waals surface area contributed by atoms with Crippen molar-refractivity contribution in [2.45, 2.75) is 25.7 Å². The molecule has 0 aromatic carbocycles. The van der Waals surface area contributed by atoms with E-state index in [1.54, 1.807) is 6.92 Å². The Morgan fingerprint density at radius 1 is 1.30 bits per heavy atom. The van der Waals surface area contributed by atoms with E-state index in [0.717, 1.165) is 36.1 Å². The third-order valence-corrected chi connectivity index (χ3v) is 5.18. The highest BCUT2D eigenvalue weighted by Gasteiger charge is 2.30. The van der Waals surface area contributed by atoms with Crippen LogP contribution >= 0.6 is 11.5 Å². The molecule has 7 nitrogen and oxygen atoms in total. The van der Waals surface area contributed by atoms with Crippen molar-refractivity contribution in [1.82, 2.24) is 25.1 Å². The molecular weight excluding hydrogens is 312 g/mol. The van der Waals surface area contributed by atoms with Crippen molar-refractivity contribution in [2.75, 3.05) is 24.5 Å². The molecule has 3 heterocycles. The van der Waals surface area contributed by atoms with E-state index in [1.807, 2.05) is 0 Å². The molecule has 8 heteroatoms. The second-order valence-electron chi connectivity index (χ2n) is 6.26. The monoisotopic (exact) mass is 330 g/mol. The molecule has 0 unspecified atom stereocenters. The topological polar surface area (TPSA) is 83.9 Å². The van der Waals surface area contributed by atoms with Crippen molar-refractivity contribution in [3.8, 4) is 0 Å². The molecule has 1 saturated heterocycles. The number of carbonyl (C=O) groups is 1. The van der Waals surface area contributed by atoms with Gasteiger partial charge in [0.15, 0.2) is 5.82 Å². The summed E-state index contributed by atoms with van der Waals surface area (Å²) >= 11 is 1.14. The van der Waals surface area contributed by atoms with Gasteiger partial charge in [-0.2, -0.15) is 5.10 Å². The normalized spacial score (nSPS) is 17.9. The molecule has 2 fully saturated rings. The molecule has 1 aliphatic heterocycles. The standard InChI is InChI=1S/C15H18N6OS/c1-9-14(23-20-17-9)15(22)16-6-10-7-21(8-10)13-5-4-12(18-19-13)11-2-3-11/h4-5,10-11H,2-3,6-8H2,1H3,(H,16,22). The van der Waals surface area contributed by atoms with Crippen molar-refractivity contribution in [3.63, 3.8) is 0 Å². The summed E-state index contributed by atoms with van der Waals surface area (Å²) in [6.07, 6.45) is 2.49. The molecular formula is C15H18N6OS. The second-order valence-corrected chi connectivity index (χ2v) is 7.01. The molecule has 1 amide bonds. The zero-order valence-corrected chi connectivity index (χ0v) is 13.7. The number of nitrogens with one attached hydrogen (secondary N) is 1. The predicted molar refractivity (Wildman–Crippen MR) is 86.7 cm³/mol. The van der Waals surface area contributed by atoms with Gasteiger partial charge in [-0.1, -0.05) is 4.49 Å². The Bertz CT molecular complexity index is 705. The maximum Gasteiger partial charge on any atom is 0.264 e. The van der Waals surface area contributed by atoms with Crippen LogP contribution in [0.3, 0.4) is 0 Å². The van der Waals surface area contributed by atoms with Crippen molar-refractivity contribution in [3.05, 3.63) is 28.4 Å². The molecule has 4 rings (SSSR count). The predicted octanol–water partition coefficient (Wildman–Crippen LogP) is 1.38. The lowest BCUT2D eigenvalue weighted by Gasteiger charge is -2.39. The summed E-state index contributed by atoms with van der Waals surface area (Å²) in [4.78, 5) is 14.8. The maximum absolute atomic E-state index is 12.0. The van der Waals surface area contributed by atoms with Gasteiger partial charge < -0.3 is 10.2 Å². The van der Waals surface area contributed by atoms with Gasteiger partial charge >= 0.3 is 0 Å². The lowest BCUT2D eigenvalue weighted by atomic mass is 10.00. The van der Waals surface area contributed by atoms with Crippen LogP contribution in [-0.2, 0) is 0 Å². The lowest BCUT2D eigenvalue weighted by molar-refractivity contribution is 0.0948. The third-order valence-electron chi connectivity index (χ3n) is 4.36. The summed E-state index contributed by atoms with van der Waals surface area (Å²) in [7, 11) is 0. The summed E-state index contributed by atoms with van der Waals surface area (Å²) in [5.74, 6) is 1.94. The number of hydrogen-bond donors (Lipinski definition) is 1. The van der Waals surface area contributed by atoms with Gasteiger partial charge in [-0.3, -0.25) is 4.79 Å². The zero-order chi connectivity index (χ0) is 15.8. The average Bonchev–Trinajstić information content (AvgIpc) is 3.28. The first-order valence-corrected chi connectivity index (χ1v) is 8.64. The minimum Gasteiger partial charge on any atom is -0.354 e. The van der Waals surface area contributed by atoms with Crippen LogP contribution in [0.2, 0.25) is 0 Å². The summed E-state index contributed by atoms with van der Waals surface area (Å²) in [6, 6.07) is 4.15. The summed E-state index contributed by atoms with van der Waals surface area (Å²) in [5, 5.41) is 15.4. The van der Waals surface area contributed by atoms with Crippen molar-refractivity contribution >= 4 is 23.3 Å². The van der Waals surface area contributed by atoms with Gasteiger partial charge in [-0.15, -0.1) is 10.2 Å². The van der Waals surface area contributed by atoms with E-state index >= 15 is 0 Å². The van der Waals surface area contributed by atoms with E-state index in [0.29, 0.717) is 29.0 Å². The number of nitrogens with zero attached hydrogens (tertiary/aromatic N) is 5. The molecule has 1 aliphatic carbocycles. The van der Waals surface area contributed by atoms with E-state index < -0.39 is 0 Å². The number of carbonyl (C=O) groups excluding carboxylic acids is 1. The van der Waals surface area contributed by atoms with Crippen LogP contribution in [0.15, 0.2) is 12.1 Å². The van der Waals surface area contributed by atoms with Gasteiger partial charge in [0.25, 0.3) is 5.91 Å². The lowest BCUT2D eigenvalue weighted by Crippen LogP contribution is -2.51. The summed E-state index contributed by atoms with van der Waals surface area (Å²) in [6.45, 7) is 4.27. The number of rotatable bonds is 5. The first kappa shape index (κ1) is 14.5. The van der Waals surface area contributed by atoms with E-state index in [4.69, 9.17) is 0 Å². The SMILES string of the molecule is Cc1nnsc1C(=O)NCC1CN(c2ccc(C3CC3)nn2)C1. The second kappa shape index (κ2) is 5.84. The van der Waals surface area contributed by atoms with Crippen LogP contribution in [0.1, 0.15) is 39.8 Å². The van der Waals surface area contributed by atoms with Crippen molar-refractivity contribution < 1.29 is 4.79 Å². The van der Waals surface area contributed by atoms with E-state index in [2.05, 4.69) is 42.1 Å². The van der Waals surface area contributed by atoms with Crippen LogP contribution in [0.25, 0.3) is 0 Å². The van der Waals surface area contributed by atoms with Crippen molar-refractivity contribution in [1.29, 1.82) is 0 Å². The highest BCUT2D eigenvalue weighted by molar-refractivity contribution is 7.07. The quantitative estimate of drug-likeness (QED) is 0.892. The number of amides is 1. The zero-order valence-electron chi connectivity index (χ0n) is 12.9. The molecule has 0 spiro atoms. The molecule has 2 aromatic heterocycles. The van der Waals surface area contributed by atoms with E-state index in [1.165, 1.54) is 12.8 Å². The fourth-order valence-corrected chi connectivity index (χ4v) is 3.32. The molecule has 2 aliphatic rings. The Kier molecular flexibility index (Phi) is 3.68. The van der Waals surface area contributed by atoms with Crippen LogP contribution in [0, 0.1) is 12.8 Å². The van der Waals surface area contributed by atoms with Gasteiger partial charge in [0.2, 0.25) is 0 Å². The fourth-order valence-electron chi connectivity index (χ4n) is 2.74. The summed E-state index contributed by atoms with van der Waals surface area (Å²) in [5.41, 5.74) is 1.81. The number of aromatic nitrogens is 4. The van der Waals surface area contributed by atoms with Gasteiger partial charge in [-0.05, 0) is 43.4 Å². The van der Waals surface area contributed by atoms with E-state index in [9.17, 15) is 4.79 Å². The Morgan fingerprint density at radius 2 is 2.13 bits per heavy atom. The summed E-state index contributed by atoms with van der Waals surface area (Å²) < 4.78 is 3.79. The largest absolute Gasteiger partial charge is 0.354 e. The Labute approximate surface area is 138 Å². The van der Waals surface area contributed by atoms with Crippen molar-refractivity contribution in [2.24, 2.45) is 5.92 Å². The van der Waals surface area contributed by atoms with Crippen LogP contribution in [0.4, 0.5) is 5.82 Å². The number of hydrogen-bond acceptors (Lipinski definition) is 7. The minimum atomic E-state index is -0.0791. The smallest absolute Gasteiger partial charge is 0.264 e. The maximum atomic E-state index is 12.0. The molecule has 0 atom stereocenters. The fraction of sp³-hybridized carbons (Fsp3) is 0.533. The molecule has 120 valence electrons. The van der Waals surface area contributed by atoms with Gasteiger partial charge in [0.05, 0.1) is 11.4 Å². The Hall–Kier alpha value is -2.09. The van der Waals surface area contributed by atoms with Crippen LogP contribution < -0.4 is 10.2 Å². The van der Waals surface area contributed by atoms with Crippen LogP contribution in [-0.4, -0.2) is 45.3 Å². The average molecular weight is 330 g/mol. The highest BCUT2D eigenvalue weighted by atomic mass is 32.1. The third kappa shape index (κ3) is 3.03. The molecule has 23 heavy (non-hydrogen) atoms. The number of anilines is 1. The highest BCUT2D eigenvalue weighted by Crippen LogP contribution is 2.38. The Morgan fingerprint density at radius 3 is 2.74 bits per heavy atom. The Balaban J connectivity index is 1.25. The van der Waals surface area contributed by atoms with Gasteiger partial charge in [0.1, 0.15) is 4.88 Å². The molecule has 0 radical (unpaired) electrons. The van der Waals surface area contributed by atoms with Crippen LogP contribution in [0.5, 0.6) is 0 Å². The van der Waals surface area contributed by atoms with Gasteiger partial charge in [-0.25, -0.2) is 0 Å². The first-order chi connectivity index (χ1) is 11.2. The number of aryl methyl sites for hydroxylation is 1. The first-order valence-electron chi connectivity index (χ1n) is 7.86.